The van der Waals surface area contributed by atoms with Gasteiger partial charge in [-0.15, -0.1) is 0 Å². The molecule has 0 aromatic rings. The van der Waals surface area contributed by atoms with E-state index in [0.717, 1.165) is 0 Å². The lowest BCUT2D eigenvalue weighted by atomic mass is 10.2. The van der Waals surface area contributed by atoms with Gasteiger partial charge in [0.2, 0.25) is 0 Å². The molecule has 0 fully saturated rings. The summed E-state index contributed by atoms with van der Waals surface area (Å²) in [5, 5.41) is 0. The van der Waals surface area contributed by atoms with Gasteiger partial charge in [-0.1, -0.05) is 110 Å². The molecule has 0 heterocycles. The molecule has 0 atom stereocenters. The largest absolute Gasteiger partial charge is 0.0991 e. The number of hydrogen-bond acceptors (Lipinski definition) is 0. The first-order valence-corrected chi connectivity index (χ1v) is 7.81. The van der Waals surface area contributed by atoms with Crippen molar-refractivity contribution in [1.82, 2.24) is 0 Å². The van der Waals surface area contributed by atoms with Crippen LogP contribution in [0.4, 0.5) is 0 Å². The summed E-state index contributed by atoms with van der Waals surface area (Å²) in [6.45, 7) is 23.9. The molecule has 0 bridgehead atoms. The third kappa shape index (κ3) is 78.4. The smallest absolute Gasteiger partial charge is 0.0398 e. The van der Waals surface area contributed by atoms with Crippen molar-refractivity contribution < 1.29 is 0 Å². The van der Waals surface area contributed by atoms with Crippen LogP contribution < -0.4 is 0 Å². The third-order valence-electron chi connectivity index (χ3n) is 1.04. The molecule has 0 heteroatoms. The van der Waals surface area contributed by atoms with Crippen LogP contribution in [-0.4, -0.2) is 0 Å². The fraction of sp³-hybridized carbons (Fsp3) is 0.579. The molecule has 0 saturated heterocycles. The molecule has 0 aromatic heterocycles. The van der Waals surface area contributed by atoms with Gasteiger partial charge in [0.25, 0.3) is 0 Å². The highest BCUT2D eigenvalue weighted by Crippen LogP contribution is 1.94. The van der Waals surface area contributed by atoms with Crippen LogP contribution >= 0.6 is 0 Å². The zero-order valence-electron chi connectivity index (χ0n) is 15.4. The van der Waals surface area contributed by atoms with Crippen molar-refractivity contribution in [1.29, 1.82) is 0 Å². The van der Waals surface area contributed by atoms with Crippen LogP contribution in [0.1, 0.15) is 75.7 Å². The highest BCUT2D eigenvalue weighted by molar-refractivity contribution is 5.23. The Bertz CT molecular complexity index is 180. The van der Waals surface area contributed by atoms with E-state index in [1.807, 2.05) is 85.8 Å². The number of rotatable bonds is 3. The molecule has 0 nitrogen and oxygen atoms in total. The highest BCUT2D eigenvalue weighted by Gasteiger charge is 1.73. The van der Waals surface area contributed by atoms with E-state index in [-0.39, 0.29) is 0 Å². The predicted molar refractivity (Wildman–Crippen MR) is 97.9 cm³/mol. The first-order chi connectivity index (χ1) is 9.22. The van der Waals surface area contributed by atoms with E-state index >= 15 is 0 Å². The van der Waals surface area contributed by atoms with E-state index in [1.54, 1.807) is 6.08 Å². The molecule has 0 saturated carbocycles. The molecule has 0 radical (unpaired) electrons. The quantitative estimate of drug-likeness (QED) is 0.459. The van der Waals surface area contributed by atoms with Crippen LogP contribution in [0.25, 0.3) is 0 Å². The summed E-state index contributed by atoms with van der Waals surface area (Å²) >= 11 is 0. The van der Waals surface area contributed by atoms with E-state index in [2.05, 4.69) is 20.4 Å². The minimum Gasteiger partial charge on any atom is -0.0991 e. The maximum Gasteiger partial charge on any atom is -0.0398 e. The summed E-state index contributed by atoms with van der Waals surface area (Å²) in [5.74, 6) is 0. The van der Waals surface area contributed by atoms with E-state index < -0.39 is 0 Å². The van der Waals surface area contributed by atoms with Gasteiger partial charge < -0.3 is 0 Å². The van der Waals surface area contributed by atoms with Gasteiger partial charge in [-0.2, -0.15) is 0 Å². The Morgan fingerprint density at radius 3 is 1.53 bits per heavy atom. The first-order valence-electron chi connectivity index (χ1n) is 7.81. The zero-order chi connectivity index (χ0) is 16.5. The van der Waals surface area contributed by atoms with Gasteiger partial charge in [0.1, 0.15) is 0 Å². The Kier molecular flexibility index (Phi) is 87.1. The Hall–Kier alpha value is -1.04. The van der Waals surface area contributed by atoms with Gasteiger partial charge in [-0.25, -0.2) is 0 Å². The fourth-order valence-corrected chi connectivity index (χ4v) is 0.560. The molecule has 19 heavy (non-hydrogen) atoms. The molecule has 0 aromatic carbocycles. The van der Waals surface area contributed by atoms with Crippen molar-refractivity contribution in [3.05, 3.63) is 48.6 Å². The normalized spacial score (nSPS) is 8.84. The van der Waals surface area contributed by atoms with Crippen molar-refractivity contribution >= 4 is 0 Å². The van der Waals surface area contributed by atoms with Gasteiger partial charge in [0, 0.05) is 0 Å². The Morgan fingerprint density at radius 1 is 0.895 bits per heavy atom. The summed E-state index contributed by atoms with van der Waals surface area (Å²) in [6.07, 6.45) is 13.1. The Labute approximate surface area is 125 Å². The third-order valence-corrected chi connectivity index (χ3v) is 1.04. The molecular weight excluding hydrogens is 228 g/mol. The second-order valence-electron chi connectivity index (χ2n) is 2.74. The Morgan fingerprint density at radius 2 is 1.26 bits per heavy atom. The van der Waals surface area contributed by atoms with Crippen LogP contribution in [0.2, 0.25) is 0 Å². The van der Waals surface area contributed by atoms with E-state index in [1.165, 1.54) is 12.0 Å². The van der Waals surface area contributed by atoms with Crippen molar-refractivity contribution in [2.75, 3.05) is 0 Å². The van der Waals surface area contributed by atoms with Gasteiger partial charge >= 0.3 is 0 Å². The molecule has 0 aliphatic carbocycles. The van der Waals surface area contributed by atoms with Gasteiger partial charge in [-0.3, -0.25) is 0 Å². The molecule has 116 valence electrons. The molecular formula is C19H40. The van der Waals surface area contributed by atoms with Crippen LogP contribution in [0.5, 0.6) is 0 Å². The summed E-state index contributed by atoms with van der Waals surface area (Å²) in [6, 6.07) is 0. The van der Waals surface area contributed by atoms with E-state index in [4.69, 9.17) is 0 Å². The predicted octanol–water partition coefficient (Wildman–Crippen LogP) is 7.75. The topological polar surface area (TPSA) is 0 Å². The van der Waals surface area contributed by atoms with Gasteiger partial charge in [0.15, 0.2) is 0 Å². The summed E-state index contributed by atoms with van der Waals surface area (Å²) in [5.41, 5.74) is 1.22. The lowest BCUT2D eigenvalue weighted by molar-refractivity contribution is 1.09. The average molecular weight is 269 g/mol. The molecule has 0 rings (SSSR count). The number of hydrogen-bond donors (Lipinski definition) is 0. The lowest BCUT2D eigenvalue weighted by Gasteiger charge is -1.83. The average Bonchev–Trinajstić information content (AvgIpc) is 2.47. The first kappa shape index (κ1) is 30.8. The second-order valence-corrected chi connectivity index (χ2v) is 2.74. The molecule has 0 N–H and O–H groups in total. The second kappa shape index (κ2) is 53.8. The summed E-state index contributed by atoms with van der Waals surface area (Å²) in [7, 11) is 0. The van der Waals surface area contributed by atoms with E-state index in [9.17, 15) is 0 Å². The van der Waals surface area contributed by atoms with Crippen LogP contribution in [-0.2, 0) is 0 Å². The Balaban J connectivity index is -0.0000000607. The van der Waals surface area contributed by atoms with Crippen molar-refractivity contribution in [2.24, 2.45) is 0 Å². The van der Waals surface area contributed by atoms with Crippen molar-refractivity contribution in [3.63, 3.8) is 0 Å². The summed E-state index contributed by atoms with van der Waals surface area (Å²) in [4.78, 5) is 0. The van der Waals surface area contributed by atoms with Crippen LogP contribution in [0, 0.1) is 0 Å². The van der Waals surface area contributed by atoms with E-state index in [0.29, 0.717) is 0 Å². The van der Waals surface area contributed by atoms with Crippen LogP contribution in [0.3, 0.4) is 0 Å². The van der Waals surface area contributed by atoms with Gasteiger partial charge in [0.05, 0.1) is 0 Å². The monoisotopic (exact) mass is 268 g/mol. The standard InChI is InChI=1S/C10H14.C3H8.3C2H6/c1-4-6-7-9-10(3)8-5-2;1-3-2;3*1-2/h4-9H,2H2,1,3H3;3H2,1-2H3;3*1-2H3/b6-4+,9-7+,10-8+;;;;. The SMILES string of the molecule is C=C/C=C(C)/C=C/C=C/C.CC.CC.CC.CCC. The lowest BCUT2D eigenvalue weighted by Crippen LogP contribution is -1.62. The number of allylic oxidation sites excluding steroid dienone is 7. The maximum absolute atomic E-state index is 3.60. The highest BCUT2D eigenvalue weighted by atomic mass is 13.8. The van der Waals surface area contributed by atoms with Crippen molar-refractivity contribution in [3.8, 4) is 0 Å². The van der Waals surface area contributed by atoms with Crippen molar-refractivity contribution in [2.45, 2.75) is 75.7 Å². The van der Waals surface area contributed by atoms with Crippen LogP contribution in [0.15, 0.2) is 48.6 Å². The molecule has 0 amide bonds. The van der Waals surface area contributed by atoms with Gasteiger partial charge in [-0.05, 0) is 13.8 Å². The maximum atomic E-state index is 3.60. The molecule has 0 unspecified atom stereocenters. The molecule has 0 aliphatic rings. The summed E-state index contributed by atoms with van der Waals surface area (Å²) < 4.78 is 0. The minimum atomic E-state index is 1.22. The molecule has 0 spiro atoms. The fourth-order valence-electron chi connectivity index (χ4n) is 0.560. The zero-order valence-corrected chi connectivity index (χ0v) is 15.4. The molecule has 0 aliphatic heterocycles. The minimum absolute atomic E-state index is 1.22.